The Kier molecular flexibility index (Phi) is 6.87. The summed E-state index contributed by atoms with van der Waals surface area (Å²) in [7, 11) is 0. The Morgan fingerprint density at radius 3 is 2.47 bits per heavy atom. The number of rotatable bonds is 7. The molecule has 34 heavy (non-hydrogen) atoms. The third-order valence-electron chi connectivity index (χ3n) is 5.70. The van der Waals surface area contributed by atoms with Crippen LogP contribution in [0.1, 0.15) is 31.9 Å². The molecule has 3 aromatic rings. The van der Waals surface area contributed by atoms with Crippen molar-refractivity contribution in [2.45, 2.75) is 32.6 Å². The molecule has 0 spiro atoms. The minimum Gasteiger partial charge on any atom is -0.492 e. The zero-order valence-corrected chi connectivity index (χ0v) is 19.8. The number of amides is 2. The Balaban J connectivity index is 1.40. The van der Waals surface area contributed by atoms with E-state index in [2.05, 4.69) is 38.2 Å². The van der Waals surface area contributed by atoms with Gasteiger partial charge in [0.15, 0.2) is 6.61 Å². The third-order valence-corrected chi connectivity index (χ3v) is 5.70. The average Bonchev–Trinajstić information content (AvgIpc) is 2.81. The van der Waals surface area contributed by atoms with Gasteiger partial charge in [0.1, 0.15) is 18.1 Å². The van der Waals surface area contributed by atoms with E-state index in [9.17, 15) is 9.59 Å². The summed E-state index contributed by atoms with van der Waals surface area (Å²) in [5.74, 6) is 1.10. The number of hydrogen-bond donors (Lipinski definition) is 1. The Morgan fingerprint density at radius 2 is 1.76 bits per heavy atom. The van der Waals surface area contributed by atoms with Crippen LogP contribution in [0.15, 0.2) is 72.8 Å². The second-order valence-electron chi connectivity index (χ2n) is 9.35. The summed E-state index contributed by atoms with van der Waals surface area (Å²) in [4.78, 5) is 26.7. The summed E-state index contributed by atoms with van der Waals surface area (Å²) in [6, 6.07) is 22.9. The van der Waals surface area contributed by atoms with Crippen molar-refractivity contribution in [3.8, 4) is 11.5 Å². The smallest absolute Gasteiger partial charge is 0.265 e. The Bertz CT molecular complexity index is 1150. The summed E-state index contributed by atoms with van der Waals surface area (Å²) in [6.45, 7) is 7.20. The van der Waals surface area contributed by atoms with Gasteiger partial charge in [-0.15, -0.1) is 0 Å². The lowest BCUT2D eigenvalue weighted by atomic mass is 9.87. The topological polar surface area (TPSA) is 67.9 Å². The summed E-state index contributed by atoms with van der Waals surface area (Å²) < 4.78 is 11.5. The molecule has 2 amide bonds. The number of carbonyl (C=O) groups excluding carboxylic acids is 2. The lowest BCUT2D eigenvalue weighted by Gasteiger charge is -2.29. The Morgan fingerprint density at radius 1 is 1.03 bits per heavy atom. The minimum atomic E-state index is -0.146. The predicted molar refractivity (Wildman–Crippen MR) is 134 cm³/mol. The quantitative estimate of drug-likeness (QED) is 0.543. The first-order valence-corrected chi connectivity index (χ1v) is 11.4. The van der Waals surface area contributed by atoms with Gasteiger partial charge in [-0.2, -0.15) is 0 Å². The average molecular weight is 459 g/mol. The van der Waals surface area contributed by atoms with E-state index in [4.69, 9.17) is 9.47 Å². The van der Waals surface area contributed by atoms with Gasteiger partial charge in [-0.05, 0) is 46.9 Å². The minimum absolute atomic E-state index is 0.0208. The van der Waals surface area contributed by atoms with E-state index in [1.807, 2.05) is 42.5 Å². The standard InChI is InChI=1S/C28H30N2O4/c1-28(2,3)21-9-12-23(13-10-21)33-16-15-30-24-18-22(11-14-25(24)34-19-27(30)32)29-26(31)17-20-7-5-4-6-8-20/h4-14,18H,15-17,19H2,1-3H3,(H,29,31). The number of benzene rings is 3. The molecule has 0 saturated heterocycles. The van der Waals surface area contributed by atoms with Gasteiger partial charge < -0.3 is 19.7 Å². The van der Waals surface area contributed by atoms with Gasteiger partial charge in [-0.25, -0.2) is 0 Å². The first kappa shape index (κ1) is 23.4. The number of fused-ring (bicyclic) bond motifs is 1. The molecule has 0 bridgehead atoms. The van der Waals surface area contributed by atoms with E-state index in [0.717, 1.165) is 11.3 Å². The number of nitrogens with one attached hydrogen (secondary N) is 1. The normalized spacial score (nSPS) is 13.1. The molecule has 3 aromatic carbocycles. The fourth-order valence-electron chi connectivity index (χ4n) is 3.82. The molecular weight excluding hydrogens is 428 g/mol. The Labute approximate surface area is 200 Å². The molecule has 0 radical (unpaired) electrons. The summed E-state index contributed by atoms with van der Waals surface area (Å²) >= 11 is 0. The maximum absolute atomic E-state index is 12.6. The van der Waals surface area contributed by atoms with Crippen molar-refractivity contribution in [2.24, 2.45) is 0 Å². The van der Waals surface area contributed by atoms with Crippen LogP contribution in [-0.4, -0.2) is 31.6 Å². The maximum atomic E-state index is 12.6. The van der Waals surface area contributed by atoms with Gasteiger partial charge in [0.25, 0.3) is 5.91 Å². The van der Waals surface area contributed by atoms with E-state index in [1.165, 1.54) is 5.56 Å². The monoisotopic (exact) mass is 458 g/mol. The maximum Gasteiger partial charge on any atom is 0.265 e. The second-order valence-corrected chi connectivity index (χ2v) is 9.35. The van der Waals surface area contributed by atoms with Crippen molar-refractivity contribution in [3.63, 3.8) is 0 Å². The van der Waals surface area contributed by atoms with E-state index in [1.54, 1.807) is 23.1 Å². The number of nitrogens with zero attached hydrogens (tertiary/aromatic N) is 1. The zero-order chi connectivity index (χ0) is 24.1. The van der Waals surface area contributed by atoms with E-state index in [0.29, 0.717) is 30.3 Å². The van der Waals surface area contributed by atoms with Gasteiger partial charge >= 0.3 is 0 Å². The number of carbonyl (C=O) groups is 2. The molecule has 1 N–H and O–H groups in total. The van der Waals surface area contributed by atoms with Crippen LogP contribution in [0.4, 0.5) is 11.4 Å². The molecule has 0 saturated carbocycles. The van der Waals surface area contributed by atoms with Gasteiger partial charge in [0.2, 0.25) is 5.91 Å². The van der Waals surface area contributed by atoms with Crippen LogP contribution in [0.2, 0.25) is 0 Å². The van der Waals surface area contributed by atoms with Crippen molar-refractivity contribution in [2.75, 3.05) is 30.0 Å². The van der Waals surface area contributed by atoms with Gasteiger partial charge in [-0.3, -0.25) is 9.59 Å². The molecule has 0 fully saturated rings. The lowest BCUT2D eigenvalue weighted by molar-refractivity contribution is -0.121. The van der Waals surface area contributed by atoms with Crippen LogP contribution in [0.5, 0.6) is 11.5 Å². The van der Waals surface area contributed by atoms with Crippen molar-refractivity contribution in [1.29, 1.82) is 0 Å². The Hall–Kier alpha value is -3.80. The van der Waals surface area contributed by atoms with Crippen LogP contribution < -0.4 is 19.7 Å². The number of hydrogen-bond acceptors (Lipinski definition) is 4. The van der Waals surface area contributed by atoms with Crippen LogP contribution in [0, 0.1) is 0 Å². The van der Waals surface area contributed by atoms with Crippen LogP contribution >= 0.6 is 0 Å². The highest BCUT2D eigenvalue weighted by Gasteiger charge is 2.26. The highest BCUT2D eigenvalue weighted by molar-refractivity contribution is 5.99. The van der Waals surface area contributed by atoms with E-state index >= 15 is 0 Å². The van der Waals surface area contributed by atoms with Crippen LogP contribution in [0.3, 0.4) is 0 Å². The fraction of sp³-hybridized carbons (Fsp3) is 0.286. The lowest BCUT2D eigenvalue weighted by Crippen LogP contribution is -2.41. The third kappa shape index (κ3) is 5.76. The van der Waals surface area contributed by atoms with Crippen LogP contribution in [-0.2, 0) is 21.4 Å². The molecule has 0 aliphatic carbocycles. The van der Waals surface area contributed by atoms with E-state index < -0.39 is 0 Å². The second kappa shape index (κ2) is 10.00. The van der Waals surface area contributed by atoms with E-state index in [-0.39, 0.29) is 30.3 Å². The highest BCUT2D eigenvalue weighted by atomic mass is 16.5. The molecular formula is C28H30N2O4. The van der Waals surface area contributed by atoms with Crippen molar-refractivity contribution < 1.29 is 19.1 Å². The van der Waals surface area contributed by atoms with Gasteiger partial charge in [0.05, 0.1) is 18.7 Å². The first-order valence-electron chi connectivity index (χ1n) is 11.4. The first-order chi connectivity index (χ1) is 16.3. The molecule has 0 atom stereocenters. The molecule has 6 heteroatoms. The molecule has 176 valence electrons. The molecule has 0 aromatic heterocycles. The van der Waals surface area contributed by atoms with Gasteiger partial charge in [0, 0.05) is 5.69 Å². The number of anilines is 2. The molecule has 4 rings (SSSR count). The number of ether oxygens (including phenoxy) is 2. The summed E-state index contributed by atoms with van der Waals surface area (Å²) in [5.41, 5.74) is 3.49. The fourth-order valence-corrected chi connectivity index (χ4v) is 3.82. The van der Waals surface area contributed by atoms with Crippen molar-refractivity contribution >= 4 is 23.2 Å². The van der Waals surface area contributed by atoms with Crippen LogP contribution in [0.25, 0.3) is 0 Å². The van der Waals surface area contributed by atoms with Crippen molar-refractivity contribution in [3.05, 3.63) is 83.9 Å². The van der Waals surface area contributed by atoms with Crippen molar-refractivity contribution in [1.82, 2.24) is 0 Å². The largest absolute Gasteiger partial charge is 0.492 e. The molecule has 0 unspecified atom stereocenters. The van der Waals surface area contributed by atoms with Gasteiger partial charge in [-0.1, -0.05) is 63.2 Å². The SMILES string of the molecule is CC(C)(C)c1ccc(OCCN2C(=O)COc3ccc(NC(=O)Cc4ccccc4)cc32)cc1. The summed E-state index contributed by atoms with van der Waals surface area (Å²) in [6.07, 6.45) is 0.277. The molecule has 6 nitrogen and oxygen atoms in total. The predicted octanol–water partition coefficient (Wildman–Crippen LogP) is 4.97. The molecule has 1 aliphatic heterocycles. The molecule has 1 aliphatic rings. The zero-order valence-electron chi connectivity index (χ0n) is 19.8. The summed E-state index contributed by atoms with van der Waals surface area (Å²) in [5, 5.41) is 2.91. The molecule has 1 heterocycles. The highest BCUT2D eigenvalue weighted by Crippen LogP contribution is 2.34.